The number of nitrogens with zero attached hydrogens (tertiary/aromatic N) is 1. The monoisotopic (exact) mass is 332 g/mol. The highest BCUT2D eigenvalue weighted by Crippen LogP contribution is 2.20. The minimum Gasteiger partial charge on any atom is -0.398 e. The highest BCUT2D eigenvalue weighted by atomic mass is 79.9. The summed E-state index contributed by atoms with van der Waals surface area (Å²) in [5, 5.41) is 0. The molecular weight excluding hydrogens is 320 g/mol. The number of halogens is 1. The third-order valence-corrected chi connectivity index (χ3v) is 4.98. The number of sulfone groups is 1. The molecule has 1 amide bonds. The molecule has 7 heteroatoms. The number of nitrogens with two attached hydrogens (primary N) is 1. The van der Waals surface area contributed by atoms with Gasteiger partial charge in [0.05, 0.1) is 17.1 Å². The average Bonchev–Trinajstić information content (AvgIpc) is 2.31. The summed E-state index contributed by atoms with van der Waals surface area (Å²) in [6.07, 6.45) is 0. The molecule has 98 valence electrons. The minimum absolute atomic E-state index is 0.0205. The highest BCUT2D eigenvalue weighted by molar-refractivity contribution is 9.10. The smallest absolute Gasteiger partial charge is 0.256 e. The summed E-state index contributed by atoms with van der Waals surface area (Å²) in [5.41, 5.74) is 6.57. The fourth-order valence-corrected chi connectivity index (χ4v) is 3.36. The lowest BCUT2D eigenvalue weighted by Crippen LogP contribution is -2.43. The number of hydrogen-bond donors (Lipinski definition) is 1. The van der Waals surface area contributed by atoms with Crippen LogP contribution in [0.15, 0.2) is 22.7 Å². The molecule has 0 aromatic heterocycles. The van der Waals surface area contributed by atoms with Gasteiger partial charge in [-0.1, -0.05) is 15.9 Å². The molecule has 0 spiro atoms. The molecule has 1 heterocycles. The second kappa shape index (κ2) is 4.89. The molecule has 1 aromatic carbocycles. The van der Waals surface area contributed by atoms with E-state index in [-0.39, 0.29) is 30.5 Å². The zero-order chi connectivity index (χ0) is 13.3. The summed E-state index contributed by atoms with van der Waals surface area (Å²) in [6, 6.07) is 5.06. The third kappa shape index (κ3) is 2.84. The number of hydrogen-bond acceptors (Lipinski definition) is 4. The van der Waals surface area contributed by atoms with E-state index < -0.39 is 9.84 Å². The maximum Gasteiger partial charge on any atom is 0.256 e. The van der Waals surface area contributed by atoms with Gasteiger partial charge >= 0.3 is 0 Å². The van der Waals surface area contributed by atoms with Gasteiger partial charge in [-0.05, 0) is 18.2 Å². The van der Waals surface area contributed by atoms with Crippen LogP contribution in [0.3, 0.4) is 0 Å². The normalized spacial score (nSPS) is 18.6. The van der Waals surface area contributed by atoms with E-state index in [4.69, 9.17) is 5.73 Å². The summed E-state index contributed by atoms with van der Waals surface area (Å²) >= 11 is 3.28. The van der Waals surface area contributed by atoms with Gasteiger partial charge in [0.15, 0.2) is 9.84 Å². The van der Waals surface area contributed by atoms with E-state index in [1.54, 1.807) is 18.2 Å². The standard InChI is InChI=1S/C11H13BrN2O3S/c12-8-1-2-10(13)9(7-8)11(15)14-3-5-18(16,17)6-4-14/h1-2,7H,3-6,13H2. The molecule has 1 fully saturated rings. The highest BCUT2D eigenvalue weighted by Gasteiger charge is 2.26. The van der Waals surface area contributed by atoms with E-state index in [0.717, 1.165) is 4.47 Å². The Morgan fingerprint density at radius 2 is 1.89 bits per heavy atom. The largest absolute Gasteiger partial charge is 0.398 e. The van der Waals surface area contributed by atoms with Crippen LogP contribution in [0.4, 0.5) is 5.69 Å². The van der Waals surface area contributed by atoms with Crippen LogP contribution in [0, 0.1) is 0 Å². The fraction of sp³-hybridized carbons (Fsp3) is 0.364. The van der Waals surface area contributed by atoms with Crippen molar-refractivity contribution in [1.29, 1.82) is 0 Å². The topological polar surface area (TPSA) is 80.5 Å². The first-order valence-corrected chi connectivity index (χ1v) is 8.05. The summed E-state index contributed by atoms with van der Waals surface area (Å²) in [5.74, 6) is -0.178. The van der Waals surface area contributed by atoms with Crippen LogP contribution >= 0.6 is 15.9 Å². The third-order valence-electron chi connectivity index (χ3n) is 2.88. The molecule has 0 radical (unpaired) electrons. The zero-order valence-electron chi connectivity index (χ0n) is 9.60. The van der Waals surface area contributed by atoms with Crippen molar-refractivity contribution >= 4 is 37.4 Å². The van der Waals surface area contributed by atoms with Crippen molar-refractivity contribution in [3.8, 4) is 0 Å². The quantitative estimate of drug-likeness (QED) is 0.775. The lowest BCUT2D eigenvalue weighted by molar-refractivity contribution is 0.0771. The predicted molar refractivity (Wildman–Crippen MR) is 73.1 cm³/mol. The molecule has 1 saturated heterocycles. The number of carbonyl (C=O) groups is 1. The summed E-state index contributed by atoms with van der Waals surface area (Å²) in [4.78, 5) is 13.7. The van der Waals surface area contributed by atoms with Crippen LogP contribution in [0.2, 0.25) is 0 Å². The van der Waals surface area contributed by atoms with Crippen molar-refractivity contribution in [3.63, 3.8) is 0 Å². The van der Waals surface area contributed by atoms with E-state index in [1.807, 2.05) is 0 Å². The summed E-state index contributed by atoms with van der Waals surface area (Å²) in [6.45, 7) is 0.459. The van der Waals surface area contributed by atoms with Gasteiger partial charge in [0, 0.05) is 23.2 Å². The lowest BCUT2D eigenvalue weighted by Gasteiger charge is -2.27. The van der Waals surface area contributed by atoms with E-state index in [1.165, 1.54) is 4.90 Å². The molecule has 5 nitrogen and oxygen atoms in total. The number of benzene rings is 1. The molecule has 0 atom stereocenters. The molecular formula is C11H13BrN2O3S. The van der Waals surface area contributed by atoms with Crippen molar-refractivity contribution in [3.05, 3.63) is 28.2 Å². The molecule has 2 N–H and O–H groups in total. The Kier molecular flexibility index (Phi) is 3.63. The Bertz CT molecular complexity index is 572. The fourth-order valence-electron chi connectivity index (χ4n) is 1.80. The van der Waals surface area contributed by atoms with Crippen LogP contribution in [0.25, 0.3) is 0 Å². The zero-order valence-corrected chi connectivity index (χ0v) is 12.0. The first-order chi connectivity index (χ1) is 8.39. The SMILES string of the molecule is Nc1ccc(Br)cc1C(=O)N1CCS(=O)(=O)CC1. The minimum atomic E-state index is -2.98. The Hall–Kier alpha value is -1.08. The number of carbonyl (C=O) groups excluding carboxylic acids is 1. The first kappa shape index (κ1) is 13.4. The van der Waals surface area contributed by atoms with Crippen LogP contribution in [0.1, 0.15) is 10.4 Å². The predicted octanol–water partition coefficient (Wildman–Crippen LogP) is 0.902. The molecule has 1 aromatic rings. The number of rotatable bonds is 1. The van der Waals surface area contributed by atoms with Gasteiger partial charge in [0.1, 0.15) is 0 Å². The van der Waals surface area contributed by atoms with Crippen LogP contribution in [0.5, 0.6) is 0 Å². The molecule has 2 rings (SSSR count). The maximum absolute atomic E-state index is 12.2. The molecule has 18 heavy (non-hydrogen) atoms. The summed E-state index contributed by atoms with van der Waals surface area (Å²) < 4.78 is 23.4. The van der Waals surface area contributed by atoms with Crippen molar-refractivity contribution in [2.24, 2.45) is 0 Å². The van der Waals surface area contributed by atoms with Gasteiger partial charge in [-0.2, -0.15) is 0 Å². The molecule has 1 aliphatic rings. The van der Waals surface area contributed by atoms with Gasteiger partial charge in [0.25, 0.3) is 5.91 Å². The van der Waals surface area contributed by atoms with Crippen molar-refractivity contribution in [2.75, 3.05) is 30.3 Å². The van der Waals surface area contributed by atoms with Gasteiger partial charge in [-0.15, -0.1) is 0 Å². The first-order valence-electron chi connectivity index (χ1n) is 5.44. The second-order valence-corrected chi connectivity index (χ2v) is 7.39. The van der Waals surface area contributed by atoms with E-state index in [0.29, 0.717) is 11.3 Å². The van der Waals surface area contributed by atoms with Crippen LogP contribution in [-0.4, -0.2) is 43.8 Å². The Morgan fingerprint density at radius 3 is 2.50 bits per heavy atom. The summed E-state index contributed by atoms with van der Waals surface area (Å²) in [7, 11) is -2.98. The Labute approximate surface area is 114 Å². The van der Waals surface area contributed by atoms with E-state index >= 15 is 0 Å². The second-order valence-electron chi connectivity index (χ2n) is 4.18. The Balaban J connectivity index is 2.20. The molecule has 0 bridgehead atoms. The molecule has 1 aliphatic heterocycles. The van der Waals surface area contributed by atoms with E-state index in [9.17, 15) is 13.2 Å². The molecule has 0 aliphatic carbocycles. The maximum atomic E-state index is 12.2. The van der Waals surface area contributed by atoms with E-state index in [2.05, 4.69) is 15.9 Å². The molecule has 0 unspecified atom stereocenters. The van der Waals surface area contributed by atoms with Gasteiger partial charge in [0.2, 0.25) is 0 Å². The van der Waals surface area contributed by atoms with Gasteiger partial charge < -0.3 is 10.6 Å². The number of anilines is 1. The van der Waals surface area contributed by atoms with Crippen molar-refractivity contribution < 1.29 is 13.2 Å². The lowest BCUT2D eigenvalue weighted by atomic mass is 10.1. The molecule has 0 saturated carbocycles. The Morgan fingerprint density at radius 1 is 1.28 bits per heavy atom. The van der Waals surface area contributed by atoms with Crippen LogP contribution < -0.4 is 5.73 Å². The van der Waals surface area contributed by atoms with Crippen molar-refractivity contribution in [1.82, 2.24) is 4.90 Å². The van der Waals surface area contributed by atoms with Crippen molar-refractivity contribution in [2.45, 2.75) is 0 Å². The number of amides is 1. The average molecular weight is 333 g/mol. The number of nitrogen functional groups attached to an aromatic ring is 1. The van der Waals surface area contributed by atoms with Gasteiger partial charge in [-0.25, -0.2) is 8.42 Å². The van der Waals surface area contributed by atoms with Crippen LogP contribution in [-0.2, 0) is 9.84 Å². The van der Waals surface area contributed by atoms with Gasteiger partial charge in [-0.3, -0.25) is 4.79 Å².